The molecule has 0 unspecified atom stereocenters. The van der Waals surface area contributed by atoms with E-state index in [9.17, 15) is 4.79 Å². The number of carbonyl (C=O) groups is 1. The van der Waals surface area contributed by atoms with Crippen molar-refractivity contribution in [3.63, 3.8) is 0 Å². The molecule has 2 aliphatic rings. The van der Waals surface area contributed by atoms with E-state index in [0.29, 0.717) is 12.5 Å². The molecule has 0 bridgehead atoms. The first kappa shape index (κ1) is 16.0. The second kappa shape index (κ2) is 7.57. The van der Waals surface area contributed by atoms with Crippen LogP contribution in [0.25, 0.3) is 0 Å². The number of hydrogen-bond donors (Lipinski definition) is 1. The molecule has 2 aliphatic heterocycles. The number of thiophene rings is 1. The van der Waals surface area contributed by atoms with Gasteiger partial charge in [0.2, 0.25) is 5.91 Å². The zero-order valence-electron chi connectivity index (χ0n) is 13.5. The second-order valence-corrected chi connectivity index (χ2v) is 7.46. The molecule has 1 aromatic rings. The highest BCUT2D eigenvalue weighted by Gasteiger charge is 2.25. The van der Waals surface area contributed by atoms with E-state index in [1.807, 2.05) is 16.2 Å². The average molecular weight is 321 g/mol. The molecule has 3 heterocycles. The van der Waals surface area contributed by atoms with Gasteiger partial charge in [0, 0.05) is 18.0 Å². The van der Waals surface area contributed by atoms with Gasteiger partial charge in [-0.25, -0.2) is 0 Å². The summed E-state index contributed by atoms with van der Waals surface area (Å²) in [5, 5.41) is 5.59. The second-order valence-electron chi connectivity index (χ2n) is 6.46. The Morgan fingerprint density at radius 3 is 2.95 bits per heavy atom. The summed E-state index contributed by atoms with van der Waals surface area (Å²) >= 11 is 1.83. The number of fused-ring (bicyclic) bond motifs is 1. The van der Waals surface area contributed by atoms with E-state index in [0.717, 1.165) is 51.6 Å². The predicted molar refractivity (Wildman–Crippen MR) is 91.1 cm³/mol. The van der Waals surface area contributed by atoms with Gasteiger partial charge in [-0.05, 0) is 68.4 Å². The number of nitrogens with zero attached hydrogens (tertiary/aromatic N) is 2. The lowest BCUT2D eigenvalue weighted by atomic mass is 9.97. The van der Waals surface area contributed by atoms with Crippen LogP contribution in [0, 0.1) is 5.92 Å². The molecular weight excluding hydrogens is 294 g/mol. The van der Waals surface area contributed by atoms with Crippen molar-refractivity contribution in [1.29, 1.82) is 0 Å². The van der Waals surface area contributed by atoms with Gasteiger partial charge in [0.15, 0.2) is 0 Å². The van der Waals surface area contributed by atoms with Crippen molar-refractivity contribution in [2.24, 2.45) is 5.92 Å². The fourth-order valence-electron chi connectivity index (χ4n) is 3.45. The first-order valence-electron chi connectivity index (χ1n) is 8.52. The Kier molecular flexibility index (Phi) is 5.50. The maximum Gasteiger partial charge on any atom is 0.237 e. The molecule has 4 nitrogen and oxygen atoms in total. The Morgan fingerprint density at radius 1 is 1.36 bits per heavy atom. The third-order valence-electron chi connectivity index (χ3n) is 4.91. The van der Waals surface area contributed by atoms with E-state index < -0.39 is 0 Å². The fourth-order valence-corrected chi connectivity index (χ4v) is 4.34. The highest BCUT2D eigenvalue weighted by atomic mass is 32.1. The number of likely N-dealkylation sites (tertiary alicyclic amines) is 1. The minimum Gasteiger partial charge on any atom is -0.337 e. The van der Waals surface area contributed by atoms with E-state index in [1.165, 1.54) is 23.3 Å². The third kappa shape index (κ3) is 3.89. The summed E-state index contributed by atoms with van der Waals surface area (Å²) in [5.41, 5.74) is 1.36. The van der Waals surface area contributed by atoms with Gasteiger partial charge in [0.05, 0.1) is 6.54 Å². The number of nitrogens with one attached hydrogen (secondary N) is 1. The van der Waals surface area contributed by atoms with Crippen LogP contribution in [0.1, 0.15) is 30.2 Å². The normalized spacial score (nSPS) is 20.1. The quantitative estimate of drug-likeness (QED) is 0.900. The lowest BCUT2D eigenvalue weighted by Crippen LogP contribution is -2.45. The van der Waals surface area contributed by atoms with Gasteiger partial charge in [-0.1, -0.05) is 6.92 Å². The summed E-state index contributed by atoms with van der Waals surface area (Å²) in [7, 11) is 0. The minimum atomic E-state index is 0.307. The van der Waals surface area contributed by atoms with Crippen molar-refractivity contribution in [1.82, 2.24) is 15.1 Å². The van der Waals surface area contributed by atoms with Crippen LogP contribution < -0.4 is 5.32 Å². The van der Waals surface area contributed by atoms with Gasteiger partial charge < -0.3 is 10.2 Å². The standard InChI is InChI=1S/C17H27N3OS/c1-2-18-11-14-3-7-19(8-4-14)13-17(21)20-9-5-16-15(12-20)6-10-22-16/h6,10,14,18H,2-5,7-9,11-13H2,1H3. The first-order chi connectivity index (χ1) is 10.8. The smallest absolute Gasteiger partial charge is 0.237 e. The molecule has 1 saturated heterocycles. The van der Waals surface area contributed by atoms with Gasteiger partial charge in [-0.2, -0.15) is 0 Å². The van der Waals surface area contributed by atoms with Crippen LogP contribution in [0.2, 0.25) is 0 Å². The molecule has 3 rings (SSSR count). The summed E-state index contributed by atoms with van der Waals surface area (Å²) in [6.07, 6.45) is 3.47. The predicted octanol–water partition coefficient (Wildman–Crippen LogP) is 1.95. The van der Waals surface area contributed by atoms with Gasteiger partial charge in [0.25, 0.3) is 0 Å². The molecule has 122 valence electrons. The van der Waals surface area contributed by atoms with Crippen LogP contribution in [0.15, 0.2) is 11.4 Å². The van der Waals surface area contributed by atoms with Gasteiger partial charge in [-0.3, -0.25) is 9.69 Å². The Bertz CT molecular complexity index is 494. The average Bonchev–Trinajstić information content (AvgIpc) is 3.01. The Morgan fingerprint density at radius 2 is 2.18 bits per heavy atom. The molecule has 0 saturated carbocycles. The highest BCUT2D eigenvalue weighted by Crippen LogP contribution is 2.24. The monoisotopic (exact) mass is 321 g/mol. The van der Waals surface area contributed by atoms with Crippen LogP contribution in [0.4, 0.5) is 0 Å². The Labute approximate surface area is 137 Å². The third-order valence-corrected chi connectivity index (χ3v) is 5.93. The van der Waals surface area contributed by atoms with E-state index >= 15 is 0 Å². The van der Waals surface area contributed by atoms with E-state index in [4.69, 9.17) is 0 Å². The molecule has 1 aromatic heterocycles. The Balaban J connectivity index is 1.43. The largest absolute Gasteiger partial charge is 0.337 e. The molecule has 1 N–H and O–H groups in total. The number of piperidine rings is 1. The SMILES string of the molecule is CCNCC1CCN(CC(=O)N2CCc3sccc3C2)CC1. The summed E-state index contributed by atoms with van der Waals surface area (Å²) in [6.45, 7) is 8.79. The van der Waals surface area contributed by atoms with Crippen LogP contribution in [-0.4, -0.2) is 55.0 Å². The van der Waals surface area contributed by atoms with E-state index in [1.54, 1.807) is 0 Å². The van der Waals surface area contributed by atoms with Crippen molar-refractivity contribution in [3.8, 4) is 0 Å². The number of carbonyl (C=O) groups excluding carboxylic acids is 1. The van der Waals surface area contributed by atoms with Crippen molar-refractivity contribution >= 4 is 17.2 Å². The lowest BCUT2D eigenvalue weighted by molar-refractivity contribution is -0.133. The number of hydrogen-bond acceptors (Lipinski definition) is 4. The molecule has 0 aromatic carbocycles. The fraction of sp³-hybridized carbons (Fsp3) is 0.706. The highest BCUT2D eigenvalue weighted by molar-refractivity contribution is 7.10. The van der Waals surface area contributed by atoms with Crippen LogP contribution >= 0.6 is 11.3 Å². The zero-order chi connectivity index (χ0) is 15.4. The van der Waals surface area contributed by atoms with E-state index in [2.05, 4.69) is 28.6 Å². The Hall–Kier alpha value is -0.910. The van der Waals surface area contributed by atoms with Crippen molar-refractivity contribution in [2.45, 2.75) is 32.7 Å². The molecule has 0 aliphatic carbocycles. The maximum atomic E-state index is 12.5. The van der Waals surface area contributed by atoms with Gasteiger partial charge in [-0.15, -0.1) is 11.3 Å². The summed E-state index contributed by atoms with van der Waals surface area (Å²) in [4.78, 5) is 18.4. The molecule has 0 atom stereocenters. The van der Waals surface area contributed by atoms with E-state index in [-0.39, 0.29) is 0 Å². The molecular formula is C17H27N3OS. The van der Waals surface area contributed by atoms with Crippen LogP contribution in [0.3, 0.4) is 0 Å². The summed E-state index contributed by atoms with van der Waals surface area (Å²) < 4.78 is 0. The molecule has 22 heavy (non-hydrogen) atoms. The number of rotatable bonds is 5. The molecule has 5 heteroatoms. The minimum absolute atomic E-state index is 0.307. The van der Waals surface area contributed by atoms with Crippen molar-refractivity contribution in [3.05, 3.63) is 21.9 Å². The topological polar surface area (TPSA) is 35.6 Å². The molecule has 1 fully saturated rings. The summed E-state index contributed by atoms with van der Waals surface area (Å²) in [5.74, 6) is 1.09. The van der Waals surface area contributed by atoms with Crippen molar-refractivity contribution in [2.75, 3.05) is 39.3 Å². The van der Waals surface area contributed by atoms with Crippen molar-refractivity contribution < 1.29 is 4.79 Å². The molecule has 0 radical (unpaired) electrons. The zero-order valence-corrected chi connectivity index (χ0v) is 14.3. The molecule has 1 amide bonds. The first-order valence-corrected chi connectivity index (χ1v) is 9.40. The van der Waals surface area contributed by atoms with Gasteiger partial charge >= 0.3 is 0 Å². The number of amides is 1. The maximum absolute atomic E-state index is 12.5. The van der Waals surface area contributed by atoms with Crippen LogP contribution in [0.5, 0.6) is 0 Å². The molecule has 0 spiro atoms. The van der Waals surface area contributed by atoms with Gasteiger partial charge in [0.1, 0.15) is 0 Å². The van der Waals surface area contributed by atoms with Crippen LogP contribution in [-0.2, 0) is 17.8 Å². The lowest BCUT2D eigenvalue weighted by Gasteiger charge is -2.34. The summed E-state index contributed by atoms with van der Waals surface area (Å²) in [6, 6.07) is 2.17.